The fourth-order valence-electron chi connectivity index (χ4n) is 3.77. The zero-order valence-electron chi connectivity index (χ0n) is 16.0. The number of hydrogen-bond acceptors (Lipinski definition) is 5. The molecule has 2 heterocycles. The van der Waals surface area contributed by atoms with Gasteiger partial charge in [-0.05, 0) is 44.6 Å². The van der Waals surface area contributed by atoms with Crippen LogP contribution in [0.2, 0.25) is 0 Å². The van der Waals surface area contributed by atoms with Crippen molar-refractivity contribution in [2.45, 2.75) is 63.6 Å². The molecule has 2 amide bonds. The summed E-state index contributed by atoms with van der Waals surface area (Å²) in [4.78, 5) is 42.5. The maximum atomic E-state index is 12.9. The van der Waals surface area contributed by atoms with Gasteiger partial charge in [-0.15, -0.1) is 0 Å². The zero-order chi connectivity index (χ0) is 19.8. The van der Waals surface area contributed by atoms with E-state index in [1.54, 1.807) is 4.90 Å². The van der Waals surface area contributed by atoms with Gasteiger partial charge in [0, 0.05) is 13.1 Å². The predicted molar refractivity (Wildman–Crippen MR) is 103 cm³/mol. The standard InChI is InChI=1S/C18H32N6O3/c1-12-9-15(24(10-12)17(27)14-6-2-3-7-21-14)16(26)23-13(11-25)5-4-8-22-18(19)20/h11-15,21H,2-10H2,1H3,(H,23,26)(H4,19,20,22)/t12-,13-,14+,15-/m0/s1. The molecule has 2 saturated heterocycles. The van der Waals surface area contributed by atoms with E-state index in [1.165, 1.54) is 0 Å². The van der Waals surface area contributed by atoms with E-state index in [4.69, 9.17) is 11.5 Å². The lowest BCUT2D eigenvalue weighted by molar-refractivity contribution is -0.140. The summed E-state index contributed by atoms with van der Waals surface area (Å²) < 4.78 is 0. The number of likely N-dealkylation sites (tertiary alicyclic amines) is 1. The molecule has 9 nitrogen and oxygen atoms in total. The summed E-state index contributed by atoms with van der Waals surface area (Å²) in [7, 11) is 0. The van der Waals surface area contributed by atoms with Crippen LogP contribution in [0.4, 0.5) is 0 Å². The van der Waals surface area contributed by atoms with E-state index in [0.717, 1.165) is 32.1 Å². The van der Waals surface area contributed by atoms with Crippen molar-refractivity contribution in [3.8, 4) is 0 Å². The van der Waals surface area contributed by atoms with Crippen LogP contribution in [0, 0.1) is 5.92 Å². The molecule has 6 N–H and O–H groups in total. The average Bonchev–Trinajstić information content (AvgIpc) is 3.05. The molecule has 0 aromatic heterocycles. The van der Waals surface area contributed by atoms with Crippen LogP contribution in [-0.4, -0.2) is 66.7 Å². The van der Waals surface area contributed by atoms with Crippen LogP contribution in [0.3, 0.4) is 0 Å². The molecule has 0 saturated carbocycles. The number of hydrogen-bond donors (Lipinski definition) is 4. The molecule has 152 valence electrons. The summed E-state index contributed by atoms with van der Waals surface area (Å²) in [6.07, 6.45) is 5.27. The van der Waals surface area contributed by atoms with Gasteiger partial charge in [0.05, 0.1) is 12.1 Å². The Morgan fingerprint density at radius 3 is 2.78 bits per heavy atom. The Labute approximate surface area is 160 Å². The van der Waals surface area contributed by atoms with E-state index in [0.29, 0.717) is 32.4 Å². The number of carbonyl (C=O) groups excluding carboxylic acids is 3. The third-order valence-electron chi connectivity index (χ3n) is 5.16. The van der Waals surface area contributed by atoms with Gasteiger partial charge in [0.1, 0.15) is 12.3 Å². The maximum absolute atomic E-state index is 12.9. The van der Waals surface area contributed by atoms with Crippen molar-refractivity contribution in [2.75, 3.05) is 19.6 Å². The highest BCUT2D eigenvalue weighted by atomic mass is 16.2. The largest absolute Gasteiger partial charge is 0.370 e. The number of nitrogens with zero attached hydrogens (tertiary/aromatic N) is 2. The lowest BCUT2D eigenvalue weighted by Gasteiger charge is -2.31. The SMILES string of the molecule is C[C@H]1C[C@@H](C(=O)N[C@H](C=O)CCCN=C(N)N)N(C(=O)[C@H]2CCCCN2)C1. The number of aldehydes is 1. The van der Waals surface area contributed by atoms with Crippen molar-refractivity contribution in [3.05, 3.63) is 0 Å². The fourth-order valence-corrected chi connectivity index (χ4v) is 3.77. The predicted octanol–water partition coefficient (Wildman–Crippen LogP) is -0.897. The molecule has 0 aromatic rings. The van der Waals surface area contributed by atoms with Gasteiger partial charge < -0.3 is 31.8 Å². The smallest absolute Gasteiger partial charge is 0.243 e. The Morgan fingerprint density at radius 1 is 1.37 bits per heavy atom. The summed E-state index contributed by atoms with van der Waals surface area (Å²) >= 11 is 0. The molecule has 2 aliphatic heterocycles. The number of nitrogens with two attached hydrogens (primary N) is 2. The van der Waals surface area contributed by atoms with Crippen molar-refractivity contribution in [1.82, 2.24) is 15.5 Å². The fraction of sp³-hybridized carbons (Fsp3) is 0.778. The molecule has 0 aromatic carbocycles. The van der Waals surface area contributed by atoms with Gasteiger partial charge in [-0.2, -0.15) is 0 Å². The molecule has 0 aliphatic carbocycles. The Kier molecular flexibility index (Phi) is 8.02. The number of aliphatic imine (C=N–C) groups is 1. The summed E-state index contributed by atoms with van der Waals surface area (Å²) in [6.45, 7) is 3.85. The molecule has 27 heavy (non-hydrogen) atoms. The molecular weight excluding hydrogens is 348 g/mol. The quantitative estimate of drug-likeness (QED) is 0.186. The van der Waals surface area contributed by atoms with Crippen LogP contribution < -0.4 is 22.1 Å². The first-order chi connectivity index (χ1) is 12.9. The number of piperidine rings is 1. The lowest BCUT2D eigenvalue weighted by Crippen LogP contribution is -2.54. The van der Waals surface area contributed by atoms with Crippen molar-refractivity contribution in [3.63, 3.8) is 0 Å². The summed E-state index contributed by atoms with van der Waals surface area (Å²) in [5.74, 6) is -0.00555. The van der Waals surface area contributed by atoms with Gasteiger partial charge >= 0.3 is 0 Å². The highest BCUT2D eigenvalue weighted by Crippen LogP contribution is 2.25. The molecule has 4 atom stereocenters. The molecule has 0 spiro atoms. The van der Waals surface area contributed by atoms with Crippen LogP contribution in [0.1, 0.15) is 45.4 Å². The van der Waals surface area contributed by atoms with Gasteiger partial charge in [-0.1, -0.05) is 13.3 Å². The Bertz CT molecular complexity index is 557. The van der Waals surface area contributed by atoms with E-state index in [2.05, 4.69) is 15.6 Å². The number of guanidine groups is 1. The topological polar surface area (TPSA) is 143 Å². The molecule has 2 aliphatic rings. The van der Waals surface area contributed by atoms with Crippen molar-refractivity contribution in [2.24, 2.45) is 22.4 Å². The van der Waals surface area contributed by atoms with E-state index in [9.17, 15) is 14.4 Å². The van der Waals surface area contributed by atoms with Gasteiger partial charge in [0.15, 0.2) is 5.96 Å². The summed E-state index contributed by atoms with van der Waals surface area (Å²) in [5.41, 5.74) is 10.5. The normalized spacial score (nSPS) is 26.3. The van der Waals surface area contributed by atoms with E-state index in [-0.39, 0.29) is 29.7 Å². The maximum Gasteiger partial charge on any atom is 0.243 e. The zero-order valence-corrected chi connectivity index (χ0v) is 16.0. The Balaban J connectivity index is 1.92. The first-order valence-electron chi connectivity index (χ1n) is 9.77. The van der Waals surface area contributed by atoms with Gasteiger partial charge in [0.2, 0.25) is 11.8 Å². The summed E-state index contributed by atoms with van der Waals surface area (Å²) in [6, 6.07) is -1.33. The molecule has 0 unspecified atom stereocenters. The van der Waals surface area contributed by atoms with E-state index < -0.39 is 12.1 Å². The van der Waals surface area contributed by atoms with Gasteiger partial charge in [-0.3, -0.25) is 14.6 Å². The number of nitrogens with one attached hydrogen (secondary N) is 2. The first kappa shape index (κ1) is 21.1. The monoisotopic (exact) mass is 380 g/mol. The minimum absolute atomic E-state index is 0.00499. The van der Waals surface area contributed by atoms with Crippen LogP contribution in [0.5, 0.6) is 0 Å². The minimum Gasteiger partial charge on any atom is -0.370 e. The van der Waals surface area contributed by atoms with Gasteiger partial charge in [-0.25, -0.2) is 0 Å². The molecule has 9 heteroatoms. The first-order valence-corrected chi connectivity index (χ1v) is 9.77. The third kappa shape index (κ3) is 6.20. The molecule has 0 radical (unpaired) electrons. The second-order valence-corrected chi connectivity index (χ2v) is 7.55. The highest BCUT2D eigenvalue weighted by molar-refractivity contribution is 5.91. The summed E-state index contributed by atoms with van der Waals surface area (Å²) in [5, 5.41) is 6.03. The molecular formula is C18H32N6O3. The van der Waals surface area contributed by atoms with Crippen molar-refractivity contribution in [1.29, 1.82) is 0 Å². The van der Waals surface area contributed by atoms with E-state index >= 15 is 0 Å². The lowest BCUT2D eigenvalue weighted by atomic mass is 10.0. The molecule has 2 fully saturated rings. The number of carbonyl (C=O) groups is 3. The number of rotatable bonds is 8. The van der Waals surface area contributed by atoms with E-state index in [1.807, 2.05) is 6.92 Å². The Hall–Kier alpha value is -2.16. The minimum atomic E-state index is -0.604. The van der Waals surface area contributed by atoms with Crippen LogP contribution in [-0.2, 0) is 14.4 Å². The third-order valence-corrected chi connectivity index (χ3v) is 5.16. The van der Waals surface area contributed by atoms with Crippen LogP contribution in [0.25, 0.3) is 0 Å². The highest BCUT2D eigenvalue weighted by Gasteiger charge is 2.40. The average molecular weight is 380 g/mol. The molecule has 2 rings (SSSR count). The van der Waals surface area contributed by atoms with Crippen LogP contribution in [0.15, 0.2) is 4.99 Å². The Morgan fingerprint density at radius 2 is 2.15 bits per heavy atom. The number of amides is 2. The van der Waals surface area contributed by atoms with Crippen molar-refractivity contribution >= 4 is 24.1 Å². The second-order valence-electron chi connectivity index (χ2n) is 7.55. The molecule has 0 bridgehead atoms. The van der Waals surface area contributed by atoms with Crippen LogP contribution >= 0.6 is 0 Å². The second kappa shape index (κ2) is 10.2. The van der Waals surface area contributed by atoms with Crippen molar-refractivity contribution < 1.29 is 14.4 Å². The van der Waals surface area contributed by atoms with Gasteiger partial charge in [0.25, 0.3) is 0 Å².